The summed E-state index contributed by atoms with van der Waals surface area (Å²) in [5.41, 5.74) is 1.80. The number of hydrogen-bond acceptors (Lipinski definition) is 3. The first-order valence-corrected chi connectivity index (χ1v) is 7.37. The maximum absolute atomic E-state index is 11.8. The Hall–Kier alpha value is -2.10. The summed E-state index contributed by atoms with van der Waals surface area (Å²) in [6.45, 7) is 10.9. The van der Waals surface area contributed by atoms with E-state index in [1.807, 2.05) is 17.9 Å². The molecule has 21 heavy (non-hydrogen) atoms. The summed E-state index contributed by atoms with van der Waals surface area (Å²) in [5, 5.41) is 0. The number of carbonyl (C=O) groups excluding carboxylic acids is 1. The van der Waals surface area contributed by atoms with E-state index in [1.54, 1.807) is 18.3 Å². The van der Waals surface area contributed by atoms with Gasteiger partial charge in [0.25, 0.3) is 0 Å². The molecular weight excluding hydrogens is 264 g/mol. The number of likely N-dealkylation sites (tertiary alicyclic amines) is 1. The topological polar surface area (TPSA) is 42.4 Å². The zero-order valence-electron chi connectivity index (χ0n) is 12.5. The monoisotopic (exact) mass is 286 g/mol. The summed E-state index contributed by atoms with van der Waals surface area (Å²) < 4.78 is 6.02. The van der Waals surface area contributed by atoms with Crippen LogP contribution in [-0.2, 0) is 4.79 Å². The molecule has 0 aliphatic carbocycles. The first-order valence-electron chi connectivity index (χ1n) is 7.37. The van der Waals surface area contributed by atoms with Crippen molar-refractivity contribution in [2.24, 2.45) is 0 Å². The summed E-state index contributed by atoms with van der Waals surface area (Å²) in [4.78, 5) is 18.0. The van der Waals surface area contributed by atoms with Crippen molar-refractivity contribution in [2.75, 3.05) is 13.1 Å². The molecule has 0 aromatic carbocycles. The lowest BCUT2D eigenvalue weighted by Crippen LogP contribution is -2.44. The molecule has 1 aromatic heterocycles. The Kier molecular flexibility index (Phi) is 5.14. The van der Waals surface area contributed by atoms with E-state index in [2.05, 4.69) is 18.1 Å². The lowest BCUT2D eigenvalue weighted by atomic mass is 10.1. The summed E-state index contributed by atoms with van der Waals surface area (Å²) in [5.74, 6) is 0.748. The van der Waals surface area contributed by atoms with Crippen LogP contribution in [0.4, 0.5) is 0 Å². The van der Waals surface area contributed by atoms with Crippen LogP contribution in [0.1, 0.15) is 37.3 Å². The molecule has 0 spiro atoms. The SMILES string of the molecule is C=Cc1ccnc(OC2CCCN(C(=O)CC)C2)c1C=C. The smallest absolute Gasteiger partial charge is 0.222 e. The van der Waals surface area contributed by atoms with E-state index in [0.29, 0.717) is 18.8 Å². The number of carbonyl (C=O) groups is 1. The number of rotatable bonds is 5. The average Bonchev–Trinajstić information content (AvgIpc) is 2.54. The Bertz CT molecular complexity index is 540. The average molecular weight is 286 g/mol. The molecule has 0 N–H and O–H groups in total. The molecule has 1 aromatic rings. The van der Waals surface area contributed by atoms with Gasteiger partial charge < -0.3 is 9.64 Å². The molecule has 4 heteroatoms. The molecule has 2 rings (SSSR count). The predicted octanol–water partition coefficient (Wildman–Crippen LogP) is 3.15. The summed E-state index contributed by atoms with van der Waals surface area (Å²) in [6, 6.07) is 1.88. The van der Waals surface area contributed by atoms with Gasteiger partial charge in [-0.2, -0.15) is 0 Å². The van der Waals surface area contributed by atoms with Gasteiger partial charge in [0.1, 0.15) is 6.10 Å². The standard InChI is InChI=1S/C17H22N2O2/c1-4-13-9-10-18-17(15(13)5-2)21-14-8-7-11-19(12-14)16(20)6-3/h4-5,9-10,14H,1-2,6-8,11-12H2,3H3. The van der Waals surface area contributed by atoms with E-state index in [1.165, 1.54) is 0 Å². The maximum Gasteiger partial charge on any atom is 0.222 e. The lowest BCUT2D eigenvalue weighted by Gasteiger charge is -2.32. The first-order chi connectivity index (χ1) is 10.2. The second-order valence-electron chi connectivity index (χ2n) is 5.10. The Morgan fingerprint density at radius 1 is 1.52 bits per heavy atom. The number of amides is 1. The zero-order valence-corrected chi connectivity index (χ0v) is 12.5. The molecule has 1 unspecified atom stereocenters. The third-order valence-electron chi connectivity index (χ3n) is 3.72. The van der Waals surface area contributed by atoms with Crippen molar-refractivity contribution in [3.8, 4) is 5.88 Å². The van der Waals surface area contributed by atoms with Crippen LogP contribution >= 0.6 is 0 Å². The first kappa shape index (κ1) is 15.3. The fourth-order valence-corrected chi connectivity index (χ4v) is 2.59. The van der Waals surface area contributed by atoms with Crippen LogP contribution in [0.5, 0.6) is 5.88 Å². The Morgan fingerprint density at radius 3 is 3.00 bits per heavy atom. The Balaban J connectivity index is 2.13. The number of hydrogen-bond donors (Lipinski definition) is 0. The molecule has 1 fully saturated rings. The van der Waals surface area contributed by atoms with E-state index >= 15 is 0 Å². The highest BCUT2D eigenvalue weighted by atomic mass is 16.5. The maximum atomic E-state index is 11.8. The number of ether oxygens (including phenoxy) is 1. The molecule has 0 saturated carbocycles. The minimum absolute atomic E-state index is 0.0134. The van der Waals surface area contributed by atoms with Crippen LogP contribution in [0.15, 0.2) is 25.4 Å². The minimum Gasteiger partial charge on any atom is -0.472 e. The van der Waals surface area contributed by atoms with Gasteiger partial charge in [-0.25, -0.2) is 4.98 Å². The van der Waals surface area contributed by atoms with Crippen LogP contribution in [0, 0.1) is 0 Å². The van der Waals surface area contributed by atoms with Crippen molar-refractivity contribution >= 4 is 18.1 Å². The van der Waals surface area contributed by atoms with Crippen LogP contribution in [0.2, 0.25) is 0 Å². The molecule has 1 amide bonds. The number of aromatic nitrogens is 1. The minimum atomic E-state index is -0.0134. The van der Waals surface area contributed by atoms with E-state index < -0.39 is 0 Å². The zero-order chi connectivity index (χ0) is 15.2. The van der Waals surface area contributed by atoms with Crippen molar-refractivity contribution in [1.29, 1.82) is 0 Å². The van der Waals surface area contributed by atoms with Gasteiger partial charge in [0.05, 0.1) is 6.54 Å². The van der Waals surface area contributed by atoms with E-state index in [4.69, 9.17) is 4.74 Å². The molecule has 112 valence electrons. The molecule has 1 atom stereocenters. The van der Waals surface area contributed by atoms with Gasteiger partial charge in [-0.3, -0.25) is 4.79 Å². The summed E-state index contributed by atoms with van der Waals surface area (Å²) in [7, 11) is 0. The van der Waals surface area contributed by atoms with Crippen molar-refractivity contribution < 1.29 is 9.53 Å². The number of nitrogens with zero attached hydrogens (tertiary/aromatic N) is 2. The summed E-state index contributed by atoms with van der Waals surface area (Å²) >= 11 is 0. The van der Waals surface area contributed by atoms with Crippen molar-refractivity contribution in [3.05, 3.63) is 36.5 Å². The molecule has 2 heterocycles. The van der Waals surface area contributed by atoms with E-state index in [0.717, 1.165) is 30.5 Å². The van der Waals surface area contributed by atoms with Crippen molar-refractivity contribution in [3.63, 3.8) is 0 Å². The Labute approximate surface area is 126 Å². The molecule has 0 bridgehead atoms. The molecule has 0 radical (unpaired) electrons. The predicted molar refractivity (Wildman–Crippen MR) is 84.9 cm³/mol. The Morgan fingerprint density at radius 2 is 2.33 bits per heavy atom. The second-order valence-corrected chi connectivity index (χ2v) is 5.10. The molecular formula is C17H22N2O2. The van der Waals surface area contributed by atoms with Crippen molar-refractivity contribution in [1.82, 2.24) is 9.88 Å². The van der Waals surface area contributed by atoms with Crippen LogP contribution < -0.4 is 4.74 Å². The normalized spacial score (nSPS) is 18.1. The quantitative estimate of drug-likeness (QED) is 0.835. The largest absolute Gasteiger partial charge is 0.472 e. The van der Waals surface area contributed by atoms with Gasteiger partial charge in [-0.05, 0) is 24.5 Å². The molecule has 1 saturated heterocycles. The van der Waals surface area contributed by atoms with Crippen LogP contribution in [0.3, 0.4) is 0 Å². The second kappa shape index (κ2) is 7.07. The third kappa shape index (κ3) is 3.51. The van der Waals surface area contributed by atoms with Crippen LogP contribution in [0.25, 0.3) is 12.2 Å². The van der Waals surface area contributed by atoms with E-state index in [9.17, 15) is 4.79 Å². The third-order valence-corrected chi connectivity index (χ3v) is 3.72. The molecule has 1 aliphatic rings. The lowest BCUT2D eigenvalue weighted by molar-refractivity contribution is -0.133. The van der Waals surface area contributed by atoms with Crippen molar-refractivity contribution in [2.45, 2.75) is 32.3 Å². The highest BCUT2D eigenvalue weighted by Crippen LogP contribution is 2.25. The molecule has 1 aliphatic heterocycles. The fourth-order valence-electron chi connectivity index (χ4n) is 2.59. The van der Waals surface area contributed by atoms with Crippen LogP contribution in [-0.4, -0.2) is 35.0 Å². The van der Waals surface area contributed by atoms with Gasteiger partial charge in [0.15, 0.2) is 0 Å². The molecule has 4 nitrogen and oxygen atoms in total. The van der Waals surface area contributed by atoms with Gasteiger partial charge >= 0.3 is 0 Å². The van der Waals surface area contributed by atoms with Gasteiger partial charge in [0.2, 0.25) is 11.8 Å². The highest BCUT2D eigenvalue weighted by Gasteiger charge is 2.24. The number of piperidine rings is 1. The highest BCUT2D eigenvalue weighted by molar-refractivity contribution is 5.76. The fraction of sp³-hybridized carbons (Fsp3) is 0.412. The van der Waals surface area contributed by atoms with Gasteiger partial charge in [0, 0.05) is 24.7 Å². The van der Waals surface area contributed by atoms with E-state index in [-0.39, 0.29) is 12.0 Å². The van der Waals surface area contributed by atoms with Gasteiger partial charge in [-0.1, -0.05) is 32.2 Å². The van der Waals surface area contributed by atoms with Gasteiger partial charge in [-0.15, -0.1) is 0 Å². The number of pyridine rings is 1. The summed E-state index contributed by atoms with van der Waals surface area (Å²) in [6.07, 6.45) is 7.62.